The van der Waals surface area contributed by atoms with E-state index in [1.807, 2.05) is 60.7 Å². The minimum absolute atomic E-state index is 0.0261. The number of aryl methyl sites for hydroxylation is 1. The number of likely N-dealkylation sites (tertiary alicyclic amines) is 1. The number of amides is 2. The number of halogens is 3. The van der Waals surface area contributed by atoms with Crippen LogP contribution in [0, 0.1) is 12.8 Å². The number of benzene rings is 3. The summed E-state index contributed by atoms with van der Waals surface area (Å²) < 4.78 is 52.4. The van der Waals surface area contributed by atoms with Crippen molar-refractivity contribution in [1.29, 1.82) is 0 Å². The fourth-order valence-electron chi connectivity index (χ4n) is 5.17. The van der Waals surface area contributed by atoms with E-state index in [0.29, 0.717) is 24.0 Å². The van der Waals surface area contributed by atoms with E-state index < -0.39 is 41.3 Å². The molecule has 40 heavy (non-hydrogen) atoms. The number of carbonyl (C=O) groups excluding carboxylic acids is 2. The van der Waals surface area contributed by atoms with Crippen LogP contribution in [-0.4, -0.2) is 30.1 Å². The van der Waals surface area contributed by atoms with E-state index in [2.05, 4.69) is 0 Å². The lowest BCUT2D eigenvalue weighted by Gasteiger charge is -2.48. The molecule has 0 aromatic heterocycles. The summed E-state index contributed by atoms with van der Waals surface area (Å²) in [5, 5.41) is 0. The Morgan fingerprint density at radius 3 is 2.33 bits per heavy atom. The molecule has 0 aliphatic carbocycles. The van der Waals surface area contributed by atoms with Gasteiger partial charge in [-0.15, -0.1) is 0 Å². The Bertz CT molecular complexity index is 1320. The lowest BCUT2D eigenvalue weighted by Crippen LogP contribution is -2.58. The Balaban J connectivity index is 1.66. The van der Waals surface area contributed by atoms with Crippen molar-refractivity contribution in [2.24, 2.45) is 11.7 Å². The quantitative estimate of drug-likeness (QED) is 0.344. The normalized spacial score (nSPS) is 20.1. The third-order valence-electron chi connectivity index (χ3n) is 7.43. The predicted molar refractivity (Wildman–Crippen MR) is 144 cm³/mol. The fraction of sp³-hybridized carbons (Fsp3) is 0.355. The molecule has 3 atom stereocenters. The second kappa shape index (κ2) is 12.1. The second-order valence-corrected chi connectivity index (χ2v) is 10.3. The van der Waals surface area contributed by atoms with Crippen molar-refractivity contribution in [3.8, 4) is 0 Å². The zero-order valence-corrected chi connectivity index (χ0v) is 22.5. The highest BCUT2D eigenvalue weighted by Gasteiger charge is 2.48. The Morgan fingerprint density at radius 2 is 1.70 bits per heavy atom. The molecule has 1 aliphatic heterocycles. The van der Waals surface area contributed by atoms with Gasteiger partial charge in [0, 0.05) is 6.54 Å². The molecule has 2 amide bonds. The smallest absolute Gasteiger partial charge is 0.416 e. The molecule has 4 rings (SSSR count). The van der Waals surface area contributed by atoms with Gasteiger partial charge in [0.1, 0.15) is 6.61 Å². The first kappa shape index (κ1) is 29.1. The largest absolute Gasteiger partial charge is 0.445 e. The molecule has 0 radical (unpaired) electrons. The van der Waals surface area contributed by atoms with Crippen LogP contribution in [0.2, 0.25) is 0 Å². The third kappa shape index (κ3) is 6.65. The number of piperidine rings is 1. The molecule has 6 nitrogen and oxygen atoms in total. The first-order chi connectivity index (χ1) is 19.0. The summed E-state index contributed by atoms with van der Waals surface area (Å²) in [6.07, 6.45) is -5.08. The van der Waals surface area contributed by atoms with Crippen molar-refractivity contribution in [2.75, 3.05) is 13.2 Å². The lowest BCUT2D eigenvalue weighted by molar-refractivity contribution is -0.138. The Hall–Kier alpha value is -3.85. The predicted octanol–water partition coefficient (Wildman–Crippen LogP) is 6.52. The molecule has 1 heterocycles. The second-order valence-electron chi connectivity index (χ2n) is 10.3. The van der Waals surface area contributed by atoms with Gasteiger partial charge >= 0.3 is 12.3 Å². The van der Waals surface area contributed by atoms with Crippen molar-refractivity contribution in [3.05, 3.63) is 107 Å². The molecule has 1 unspecified atom stereocenters. The molecule has 3 aromatic rings. The van der Waals surface area contributed by atoms with Crippen LogP contribution >= 0.6 is 0 Å². The maximum absolute atomic E-state index is 13.6. The number of alkyl halides is 3. The van der Waals surface area contributed by atoms with Crippen molar-refractivity contribution in [2.45, 2.75) is 51.1 Å². The van der Waals surface area contributed by atoms with Crippen LogP contribution < -0.4 is 5.73 Å². The van der Waals surface area contributed by atoms with Gasteiger partial charge in [-0.25, -0.2) is 4.79 Å². The maximum atomic E-state index is 13.6. The van der Waals surface area contributed by atoms with Gasteiger partial charge in [-0.2, -0.15) is 13.2 Å². The highest BCUT2D eigenvalue weighted by atomic mass is 19.4. The van der Waals surface area contributed by atoms with Crippen LogP contribution in [0.15, 0.2) is 78.9 Å². The summed E-state index contributed by atoms with van der Waals surface area (Å²) in [5.41, 5.74) is 6.27. The number of hydrogen-bond donors (Lipinski definition) is 1. The average Bonchev–Trinajstić information content (AvgIpc) is 2.94. The van der Waals surface area contributed by atoms with Gasteiger partial charge in [0.25, 0.3) is 0 Å². The van der Waals surface area contributed by atoms with E-state index in [1.54, 1.807) is 19.9 Å². The molecule has 1 saturated heterocycles. The van der Waals surface area contributed by atoms with Crippen LogP contribution in [0.4, 0.5) is 18.0 Å². The van der Waals surface area contributed by atoms with E-state index in [4.69, 9.17) is 15.2 Å². The molecule has 0 spiro atoms. The van der Waals surface area contributed by atoms with Crippen molar-refractivity contribution in [3.63, 3.8) is 0 Å². The molecular weight excluding hydrogens is 521 g/mol. The molecule has 1 fully saturated rings. The van der Waals surface area contributed by atoms with Crippen LogP contribution in [0.25, 0.3) is 0 Å². The standard InChI is InChI=1S/C31H33F3N2O4/c1-21-15-25(17-27(16-21)31(32,33)34)22(2)40-20-30(26-11-7-4-8-12-26)14-13-24(28(35)37)18-36(30)29(38)39-19-23-9-5-3-6-10-23/h3-12,15-17,22,24H,13-14,18-20H2,1-2H3,(H2,35,37)/t22-,24?,30-/m1/s1. The number of carbonyl (C=O) groups is 2. The molecule has 9 heteroatoms. The van der Waals surface area contributed by atoms with E-state index >= 15 is 0 Å². The molecule has 212 valence electrons. The van der Waals surface area contributed by atoms with Crippen LogP contribution in [0.3, 0.4) is 0 Å². The number of hydrogen-bond acceptors (Lipinski definition) is 4. The zero-order chi connectivity index (χ0) is 28.9. The van der Waals surface area contributed by atoms with E-state index in [0.717, 1.165) is 23.3 Å². The molecule has 0 saturated carbocycles. The SMILES string of the molecule is Cc1cc([C@@H](C)OC[C@@]2(c3ccccc3)CCC(C(N)=O)CN2C(=O)OCc2ccccc2)cc(C(F)(F)F)c1. The summed E-state index contributed by atoms with van der Waals surface area (Å²) in [6.45, 7) is 3.31. The van der Waals surface area contributed by atoms with Crippen molar-refractivity contribution < 1.29 is 32.2 Å². The summed E-state index contributed by atoms with van der Waals surface area (Å²) in [7, 11) is 0. The van der Waals surface area contributed by atoms with Gasteiger partial charge in [0.05, 0.1) is 29.7 Å². The first-order valence-corrected chi connectivity index (χ1v) is 13.1. The molecule has 3 aromatic carbocycles. The summed E-state index contributed by atoms with van der Waals surface area (Å²) in [5.74, 6) is -1.10. The summed E-state index contributed by atoms with van der Waals surface area (Å²) in [6, 6.07) is 22.3. The molecule has 2 N–H and O–H groups in total. The number of primary amides is 1. The fourth-order valence-corrected chi connectivity index (χ4v) is 5.17. The van der Waals surface area contributed by atoms with Crippen molar-refractivity contribution in [1.82, 2.24) is 4.90 Å². The highest BCUT2D eigenvalue weighted by Crippen LogP contribution is 2.42. The Morgan fingerprint density at radius 1 is 1.05 bits per heavy atom. The third-order valence-corrected chi connectivity index (χ3v) is 7.43. The van der Waals surface area contributed by atoms with Gasteiger partial charge in [0.15, 0.2) is 0 Å². The van der Waals surface area contributed by atoms with Crippen LogP contribution in [0.1, 0.15) is 53.7 Å². The van der Waals surface area contributed by atoms with Gasteiger partial charge < -0.3 is 15.2 Å². The van der Waals surface area contributed by atoms with E-state index in [-0.39, 0.29) is 19.8 Å². The maximum Gasteiger partial charge on any atom is 0.416 e. The molecule has 1 aliphatic rings. The number of nitrogens with two attached hydrogens (primary N) is 1. The van der Waals surface area contributed by atoms with Crippen LogP contribution in [-0.2, 0) is 32.6 Å². The van der Waals surface area contributed by atoms with E-state index in [1.165, 1.54) is 4.90 Å². The zero-order valence-electron chi connectivity index (χ0n) is 22.5. The average molecular weight is 555 g/mol. The molecule has 0 bridgehead atoms. The minimum Gasteiger partial charge on any atom is -0.445 e. The van der Waals surface area contributed by atoms with E-state index in [9.17, 15) is 22.8 Å². The van der Waals surface area contributed by atoms with Gasteiger partial charge in [-0.05, 0) is 55.5 Å². The highest BCUT2D eigenvalue weighted by molar-refractivity contribution is 5.78. The van der Waals surface area contributed by atoms with Gasteiger partial charge in [0.2, 0.25) is 5.91 Å². The van der Waals surface area contributed by atoms with Gasteiger partial charge in [-0.1, -0.05) is 72.3 Å². The number of rotatable bonds is 8. The Labute approximate surface area is 231 Å². The Kier molecular flexibility index (Phi) is 8.83. The minimum atomic E-state index is -4.49. The van der Waals surface area contributed by atoms with Crippen molar-refractivity contribution >= 4 is 12.0 Å². The van der Waals surface area contributed by atoms with Gasteiger partial charge in [-0.3, -0.25) is 9.69 Å². The topological polar surface area (TPSA) is 81.9 Å². The number of ether oxygens (including phenoxy) is 2. The lowest BCUT2D eigenvalue weighted by atomic mass is 9.77. The summed E-state index contributed by atoms with van der Waals surface area (Å²) >= 11 is 0. The first-order valence-electron chi connectivity index (χ1n) is 13.1. The number of nitrogens with zero attached hydrogens (tertiary/aromatic N) is 1. The monoisotopic (exact) mass is 554 g/mol. The molecular formula is C31H33F3N2O4. The van der Waals surface area contributed by atoms with Crippen LogP contribution in [0.5, 0.6) is 0 Å². The summed E-state index contributed by atoms with van der Waals surface area (Å²) in [4.78, 5) is 27.3.